The number of ether oxygens (including phenoxy) is 1. The number of nitrogens with two attached hydrogens (primary N) is 1. The highest BCUT2D eigenvalue weighted by Crippen LogP contribution is 2.25. The lowest BCUT2D eigenvalue weighted by molar-refractivity contribution is -0.142. The highest BCUT2D eigenvalue weighted by atomic mass is 16.5. The third-order valence-electron chi connectivity index (χ3n) is 4.21. The van der Waals surface area contributed by atoms with Crippen LogP contribution in [0.5, 0.6) is 0 Å². The molecular formula is C14H27N3O3. The average Bonchev–Trinajstić information content (AvgIpc) is 2.72. The minimum atomic E-state index is -1.06. The quantitative estimate of drug-likeness (QED) is 0.730. The van der Waals surface area contributed by atoms with Gasteiger partial charge in [-0.2, -0.15) is 0 Å². The van der Waals surface area contributed by atoms with Crippen molar-refractivity contribution in [2.75, 3.05) is 52.5 Å². The van der Waals surface area contributed by atoms with Crippen LogP contribution in [0.3, 0.4) is 0 Å². The molecule has 0 aromatic carbocycles. The number of likely N-dealkylation sites (tertiary alicyclic amines) is 1. The van der Waals surface area contributed by atoms with Crippen molar-refractivity contribution >= 4 is 5.97 Å². The topological polar surface area (TPSA) is 79.0 Å². The van der Waals surface area contributed by atoms with E-state index in [0.717, 1.165) is 45.9 Å². The number of aliphatic carboxylic acids is 1. The van der Waals surface area contributed by atoms with E-state index in [4.69, 9.17) is 10.5 Å². The highest BCUT2D eigenvalue weighted by Gasteiger charge is 2.42. The van der Waals surface area contributed by atoms with Crippen LogP contribution >= 0.6 is 0 Å². The Kier molecular flexibility index (Phi) is 4.69. The Labute approximate surface area is 120 Å². The van der Waals surface area contributed by atoms with Crippen molar-refractivity contribution < 1.29 is 14.6 Å². The molecule has 2 heterocycles. The average molecular weight is 285 g/mol. The zero-order valence-corrected chi connectivity index (χ0v) is 12.6. The molecule has 0 aliphatic carbocycles. The van der Waals surface area contributed by atoms with Crippen LogP contribution in [-0.2, 0) is 9.53 Å². The summed E-state index contributed by atoms with van der Waals surface area (Å²) in [5.41, 5.74) is 4.99. The summed E-state index contributed by atoms with van der Waals surface area (Å²) >= 11 is 0. The van der Waals surface area contributed by atoms with E-state index < -0.39 is 11.5 Å². The molecule has 0 aromatic rings. The van der Waals surface area contributed by atoms with E-state index in [1.165, 1.54) is 0 Å². The molecule has 2 fully saturated rings. The molecule has 2 saturated heterocycles. The predicted octanol–water partition coefficient (Wildman–Crippen LogP) is -0.167. The molecule has 0 aromatic heterocycles. The molecule has 20 heavy (non-hydrogen) atoms. The van der Waals surface area contributed by atoms with Crippen LogP contribution in [0.1, 0.15) is 20.3 Å². The molecule has 0 unspecified atom stereocenters. The van der Waals surface area contributed by atoms with E-state index in [1.54, 1.807) is 0 Å². The SMILES string of the molecule is CC(C)(CN1CCOCC1)CN1CC[C@](N)(C(=O)O)C1. The molecule has 1 atom stereocenters. The van der Waals surface area contributed by atoms with Crippen LogP contribution in [0, 0.1) is 5.41 Å². The first kappa shape index (κ1) is 15.7. The van der Waals surface area contributed by atoms with E-state index >= 15 is 0 Å². The van der Waals surface area contributed by atoms with Crippen molar-refractivity contribution in [3.05, 3.63) is 0 Å². The van der Waals surface area contributed by atoms with Gasteiger partial charge in [0.05, 0.1) is 13.2 Å². The number of morpholine rings is 1. The Balaban J connectivity index is 1.84. The van der Waals surface area contributed by atoms with Gasteiger partial charge in [0.2, 0.25) is 0 Å². The summed E-state index contributed by atoms with van der Waals surface area (Å²) in [4.78, 5) is 15.8. The van der Waals surface area contributed by atoms with Gasteiger partial charge < -0.3 is 20.5 Å². The maximum absolute atomic E-state index is 11.2. The van der Waals surface area contributed by atoms with E-state index in [0.29, 0.717) is 13.0 Å². The third-order valence-corrected chi connectivity index (χ3v) is 4.21. The molecule has 0 radical (unpaired) electrons. The summed E-state index contributed by atoms with van der Waals surface area (Å²) in [6.07, 6.45) is 0.538. The van der Waals surface area contributed by atoms with Crippen molar-refractivity contribution in [1.82, 2.24) is 9.80 Å². The van der Waals surface area contributed by atoms with Crippen LogP contribution in [-0.4, -0.2) is 78.9 Å². The third kappa shape index (κ3) is 3.91. The van der Waals surface area contributed by atoms with Gasteiger partial charge >= 0.3 is 5.97 Å². The smallest absolute Gasteiger partial charge is 0.325 e. The fraction of sp³-hybridized carbons (Fsp3) is 0.929. The first-order chi connectivity index (χ1) is 9.31. The Bertz CT molecular complexity index is 356. The number of nitrogens with zero attached hydrogens (tertiary/aromatic N) is 2. The summed E-state index contributed by atoms with van der Waals surface area (Å²) in [5.74, 6) is -0.883. The first-order valence-corrected chi connectivity index (χ1v) is 7.36. The van der Waals surface area contributed by atoms with Crippen molar-refractivity contribution in [2.24, 2.45) is 11.1 Å². The fourth-order valence-corrected chi connectivity index (χ4v) is 3.24. The number of hydrogen-bond acceptors (Lipinski definition) is 5. The standard InChI is InChI=1S/C14H27N3O3/c1-13(2,9-16-5-7-20-8-6-16)10-17-4-3-14(15,11-17)12(18)19/h3-11,15H2,1-2H3,(H,18,19)/t14-/m1/s1. The van der Waals surface area contributed by atoms with Gasteiger partial charge in [-0.25, -0.2) is 0 Å². The largest absolute Gasteiger partial charge is 0.480 e. The van der Waals surface area contributed by atoms with Gasteiger partial charge in [-0.15, -0.1) is 0 Å². The van der Waals surface area contributed by atoms with Crippen LogP contribution in [0.15, 0.2) is 0 Å². The van der Waals surface area contributed by atoms with Gasteiger partial charge in [0.25, 0.3) is 0 Å². The van der Waals surface area contributed by atoms with E-state index in [9.17, 15) is 9.90 Å². The summed E-state index contributed by atoms with van der Waals surface area (Å²) in [7, 11) is 0. The number of carboxylic acid groups (broad SMARTS) is 1. The summed E-state index contributed by atoms with van der Waals surface area (Å²) in [6, 6.07) is 0. The molecule has 116 valence electrons. The molecule has 3 N–H and O–H groups in total. The second-order valence-corrected chi connectivity index (χ2v) is 6.97. The fourth-order valence-electron chi connectivity index (χ4n) is 3.24. The van der Waals surface area contributed by atoms with Crippen molar-refractivity contribution in [3.63, 3.8) is 0 Å². The molecule has 2 rings (SSSR count). The van der Waals surface area contributed by atoms with E-state index in [-0.39, 0.29) is 5.41 Å². The number of rotatable bonds is 5. The van der Waals surface area contributed by atoms with Gasteiger partial charge in [-0.1, -0.05) is 13.8 Å². The Morgan fingerprint density at radius 2 is 1.85 bits per heavy atom. The van der Waals surface area contributed by atoms with Gasteiger partial charge in [-0.05, 0) is 11.8 Å². The zero-order valence-electron chi connectivity index (χ0n) is 12.6. The van der Waals surface area contributed by atoms with Gasteiger partial charge in [0.15, 0.2) is 0 Å². The van der Waals surface area contributed by atoms with Gasteiger partial charge in [0, 0.05) is 39.3 Å². The zero-order chi connectivity index (χ0) is 14.8. The van der Waals surface area contributed by atoms with Gasteiger partial charge in [0.1, 0.15) is 5.54 Å². The molecule has 6 nitrogen and oxygen atoms in total. The highest BCUT2D eigenvalue weighted by molar-refractivity contribution is 5.79. The normalized spacial score (nSPS) is 29.8. The van der Waals surface area contributed by atoms with Crippen molar-refractivity contribution in [3.8, 4) is 0 Å². The van der Waals surface area contributed by atoms with E-state index in [1.807, 2.05) is 0 Å². The van der Waals surface area contributed by atoms with E-state index in [2.05, 4.69) is 23.6 Å². The molecule has 2 aliphatic rings. The van der Waals surface area contributed by atoms with Crippen molar-refractivity contribution in [2.45, 2.75) is 25.8 Å². The minimum absolute atomic E-state index is 0.126. The molecule has 6 heteroatoms. The maximum atomic E-state index is 11.2. The molecular weight excluding hydrogens is 258 g/mol. The minimum Gasteiger partial charge on any atom is -0.480 e. The first-order valence-electron chi connectivity index (χ1n) is 7.36. The van der Waals surface area contributed by atoms with Crippen LogP contribution in [0.25, 0.3) is 0 Å². The Hall–Kier alpha value is -0.690. The van der Waals surface area contributed by atoms with Crippen LogP contribution in [0.2, 0.25) is 0 Å². The molecule has 0 saturated carbocycles. The molecule has 2 aliphatic heterocycles. The van der Waals surface area contributed by atoms with Crippen LogP contribution in [0.4, 0.5) is 0 Å². The van der Waals surface area contributed by atoms with Crippen molar-refractivity contribution in [1.29, 1.82) is 0 Å². The summed E-state index contributed by atoms with van der Waals surface area (Å²) < 4.78 is 5.37. The second-order valence-electron chi connectivity index (χ2n) is 6.97. The second kappa shape index (κ2) is 5.97. The molecule has 0 spiro atoms. The summed E-state index contributed by atoms with van der Waals surface area (Å²) in [5, 5.41) is 9.18. The lowest BCUT2D eigenvalue weighted by atomic mass is 9.91. The Morgan fingerprint density at radius 1 is 1.25 bits per heavy atom. The molecule has 0 bridgehead atoms. The number of hydrogen-bond donors (Lipinski definition) is 2. The number of carbonyl (C=O) groups is 1. The molecule has 0 amide bonds. The Morgan fingerprint density at radius 3 is 2.40 bits per heavy atom. The van der Waals surface area contributed by atoms with Crippen LogP contribution < -0.4 is 5.73 Å². The maximum Gasteiger partial charge on any atom is 0.325 e. The monoisotopic (exact) mass is 285 g/mol. The lowest BCUT2D eigenvalue weighted by Crippen LogP contribution is -2.51. The lowest BCUT2D eigenvalue weighted by Gasteiger charge is -2.37. The van der Waals surface area contributed by atoms with Gasteiger partial charge in [-0.3, -0.25) is 9.69 Å². The predicted molar refractivity (Wildman–Crippen MR) is 76.7 cm³/mol. The summed E-state index contributed by atoms with van der Waals surface area (Å²) in [6.45, 7) is 11.2. The number of carboxylic acids is 1.